The predicted octanol–water partition coefficient (Wildman–Crippen LogP) is 4.71. The third kappa shape index (κ3) is 2.94. The smallest absolute Gasteiger partial charge is 0.124 e. The first-order valence-corrected chi connectivity index (χ1v) is 8.04. The summed E-state index contributed by atoms with van der Waals surface area (Å²) in [7, 11) is 0. The number of hydrogen-bond donors (Lipinski definition) is 1. The molecule has 1 unspecified atom stereocenters. The van der Waals surface area contributed by atoms with Crippen LogP contribution in [0.15, 0.2) is 12.1 Å². The minimum Gasteiger partial charge on any atom is -0.310 e. The Balaban J connectivity index is 2.44. The van der Waals surface area contributed by atoms with E-state index in [1.54, 1.807) is 0 Å². The van der Waals surface area contributed by atoms with Crippen LogP contribution >= 0.6 is 11.3 Å². The lowest BCUT2D eigenvalue weighted by Gasteiger charge is -2.10. The molecular formula is C17H24N2S. The predicted molar refractivity (Wildman–Crippen MR) is 88.6 cm³/mol. The van der Waals surface area contributed by atoms with Crippen molar-refractivity contribution in [1.29, 1.82) is 0 Å². The zero-order valence-corrected chi connectivity index (χ0v) is 14.1. The minimum atomic E-state index is 0.373. The van der Waals surface area contributed by atoms with Gasteiger partial charge in [0.15, 0.2) is 0 Å². The minimum absolute atomic E-state index is 0.373. The topological polar surface area (TPSA) is 24.9 Å². The molecule has 20 heavy (non-hydrogen) atoms. The quantitative estimate of drug-likeness (QED) is 0.881. The van der Waals surface area contributed by atoms with Gasteiger partial charge in [-0.05, 0) is 63.9 Å². The van der Waals surface area contributed by atoms with Gasteiger partial charge in [-0.3, -0.25) is 0 Å². The molecule has 108 valence electrons. The van der Waals surface area contributed by atoms with E-state index in [-0.39, 0.29) is 0 Å². The molecule has 1 aromatic heterocycles. The molecule has 1 atom stereocenters. The molecule has 2 nitrogen and oxygen atoms in total. The lowest BCUT2D eigenvalue weighted by Crippen LogP contribution is -2.17. The van der Waals surface area contributed by atoms with Crippen molar-refractivity contribution < 1.29 is 0 Å². The number of rotatable bonds is 4. The van der Waals surface area contributed by atoms with E-state index in [1.165, 1.54) is 27.1 Å². The number of nitrogens with one attached hydrogen (secondary N) is 1. The fourth-order valence-corrected chi connectivity index (χ4v) is 3.69. The van der Waals surface area contributed by atoms with Crippen molar-refractivity contribution in [2.24, 2.45) is 0 Å². The Bertz CT molecular complexity index is 614. The SMILES string of the molecule is CCNC(C)c1sc(-c2cc(C)c(C)cc2C)nc1C. The van der Waals surface area contributed by atoms with Crippen LogP contribution in [-0.2, 0) is 0 Å². The van der Waals surface area contributed by atoms with Crippen LogP contribution in [-0.4, -0.2) is 11.5 Å². The molecule has 0 saturated carbocycles. The fourth-order valence-electron chi connectivity index (χ4n) is 2.51. The molecule has 0 saturated heterocycles. The molecule has 0 aliphatic carbocycles. The van der Waals surface area contributed by atoms with Crippen LogP contribution in [0, 0.1) is 27.7 Å². The molecule has 0 fully saturated rings. The molecule has 0 bridgehead atoms. The maximum Gasteiger partial charge on any atom is 0.124 e. The molecule has 0 amide bonds. The summed E-state index contributed by atoms with van der Waals surface area (Å²) in [5, 5.41) is 4.61. The van der Waals surface area contributed by atoms with Crippen LogP contribution < -0.4 is 5.32 Å². The zero-order chi connectivity index (χ0) is 14.9. The Morgan fingerprint density at radius 3 is 2.40 bits per heavy atom. The van der Waals surface area contributed by atoms with Crippen molar-refractivity contribution in [3.8, 4) is 10.6 Å². The zero-order valence-electron chi connectivity index (χ0n) is 13.3. The number of thiazole rings is 1. The molecule has 1 aromatic carbocycles. The van der Waals surface area contributed by atoms with E-state index < -0.39 is 0 Å². The summed E-state index contributed by atoms with van der Waals surface area (Å²) in [6.45, 7) is 13.9. The summed E-state index contributed by atoms with van der Waals surface area (Å²) < 4.78 is 0. The maximum absolute atomic E-state index is 4.79. The molecular weight excluding hydrogens is 264 g/mol. The molecule has 3 heteroatoms. The van der Waals surface area contributed by atoms with Gasteiger partial charge < -0.3 is 5.32 Å². The normalized spacial score (nSPS) is 12.7. The number of hydrogen-bond acceptors (Lipinski definition) is 3. The Morgan fingerprint density at radius 1 is 1.10 bits per heavy atom. The van der Waals surface area contributed by atoms with Gasteiger partial charge in [-0.1, -0.05) is 13.0 Å². The molecule has 1 N–H and O–H groups in total. The van der Waals surface area contributed by atoms with E-state index >= 15 is 0 Å². The van der Waals surface area contributed by atoms with Crippen molar-refractivity contribution >= 4 is 11.3 Å². The van der Waals surface area contributed by atoms with Crippen LogP contribution in [0.4, 0.5) is 0 Å². The lowest BCUT2D eigenvalue weighted by molar-refractivity contribution is 0.603. The maximum atomic E-state index is 4.79. The van der Waals surface area contributed by atoms with Crippen LogP contribution in [0.2, 0.25) is 0 Å². The third-order valence-electron chi connectivity index (χ3n) is 3.81. The lowest BCUT2D eigenvalue weighted by atomic mass is 10.0. The number of aryl methyl sites for hydroxylation is 4. The molecule has 0 radical (unpaired) electrons. The first-order valence-electron chi connectivity index (χ1n) is 7.23. The molecule has 0 aliphatic rings. The second kappa shape index (κ2) is 6.06. The summed E-state index contributed by atoms with van der Waals surface area (Å²) in [5.41, 5.74) is 6.41. The van der Waals surface area contributed by atoms with Crippen molar-refractivity contribution in [3.05, 3.63) is 39.4 Å². The van der Waals surface area contributed by atoms with E-state index in [1.807, 2.05) is 11.3 Å². The summed E-state index contributed by atoms with van der Waals surface area (Å²) in [5.74, 6) is 0. The van der Waals surface area contributed by atoms with Crippen LogP contribution in [0.3, 0.4) is 0 Å². The molecule has 2 aromatic rings. The Hall–Kier alpha value is -1.19. The van der Waals surface area contributed by atoms with Crippen molar-refractivity contribution in [2.45, 2.75) is 47.6 Å². The average Bonchev–Trinajstić information content (AvgIpc) is 2.76. The molecule has 2 rings (SSSR count). The number of aromatic nitrogens is 1. The highest BCUT2D eigenvalue weighted by Crippen LogP contribution is 2.34. The van der Waals surface area contributed by atoms with Gasteiger partial charge in [-0.2, -0.15) is 0 Å². The van der Waals surface area contributed by atoms with E-state index in [2.05, 4.69) is 59.0 Å². The van der Waals surface area contributed by atoms with E-state index in [0.717, 1.165) is 17.2 Å². The Morgan fingerprint density at radius 2 is 1.75 bits per heavy atom. The van der Waals surface area contributed by atoms with Crippen molar-refractivity contribution in [2.75, 3.05) is 6.54 Å². The number of nitrogens with zero attached hydrogens (tertiary/aromatic N) is 1. The fraction of sp³-hybridized carbons (Fsp3) is 0.471. The molecule has 1 heterocycles. The summed E-state index contributed by atoms with van der Waals surface area (Å²) in [6, 6.07) is 4.90. The standard InChI is InChI=1S/C17H24N2S/c1-7-18-13(5)16-14(6)19-17(20-16)15-9-11(3)10(2)8-12(15)4/h8-9,13,18H,7H2,1-6H3. The molecule has 0 spiro atoms. The second-order valence-corrected chi connectivity index (χ2v) is 6.53. The van der Waals surface area contributed by atoms with Gasteiger partial charge in [0.25, 0.3) is 0 Å². The summed E-state index contributed by atoms with van der Waals surface area (Å²) in [4.78, 5) is 6.14. The number of benzene rings is 1. The van der Waals surface area contributed by atoms with Crippen molar-refractivity contribution in [3.63, 3.8) is 0 Å². The van der Waals surface area contributed by atoms with Gasteiger partial charge in [0.2, 0.25) is 0 Å². The van der Waals surface area contributed by atoms with E-state index in [0.29, 0.717) is 6.04 Å². The van der Waals surface area contributed by atoms with Crippen molar-refractivity contribution in [1.82, 2.24) is 10.3 Å². The van der Waals surface area contributed by atoms with Gasteiger partial charge in [-0.25, -0.2) is 4.98 Å². The van der Waals surface area contributed by atoms with Gasteiger partial charge >= 0.3 is 0 Å². The first kappa shape index (κ1) is 15.2. The van der Waals surface area contributed by atoms with Crippen LogP contribution in [0.1, 0.15) is 47.2 Å². The van der Waals surface area contributed by atoms with Gasteiger partial charge in [0, 0.05) is 16.5 Å². The Labute approximate surface area is 126 Å². The highest BCUT2D eigenvalue weighted by Gasteiger charge is 2.16. The highest BCUT2D eigenvalue weighted by atomic mass is 32.1. The van der Waals surface area contributed by atoms with E-state index in [4.69, 9.17) is 4.98 Å². The largest absolute Gasteiger partial charge is 0.310 e. The van der Waals surface area contributed by atoms with Crippen LogP contribution in [0.5, 0.6) is 0 Å². The first-order chi connectivity index (χ1) is 9.43. The third-order valence-corrected chi connectivity index (χ3v) is 5.18. The van der Waals surface area contributed by atoms with Gasteiger partial charge in [0.05, 0.1) is 5.69 Å². The summed E-state index contributed by atoms with van der Waals surface area (Å²) >= 11 is 1.82. The second-order valence-electron chi connectivity index (χ2n) is 5.50. The van der Waals surface area contributed by atoms with Crippen LogP contribution in [0.25, 0.3) is 10.6 Å². The summed E-state index contributed by atoms with van der Waals surface area (Å²) in [6.07, 6.45) is 0. The van der Waals surface area contributed by atoms with Gasteiger partial charge in [0.1, 0.15) is 5.01 Å². The Kier molecular flexibility index (Phi) is 4.61. The average molecular weight is 288 g/mol. The highest BCUT2D eigenvalue weighted by molar-refractivity contribution is 7.15. The van der Waals surface area contributed by atoms with Gasteiger partial charge in [-0.15, -0.1) is 11.3 Å². The monoisotopic (exact) mass is 288 g/mol. The van der Waals surface area contributed by atoms with E-state index in [9.17, 15) is 0 Å². The molecule has 0 aliphatic heterocycles.